The van der Waals surface area contributed by atoms with Crippen molar-refractivity contribution in [3.05, 3.63) is 52.3 Å². The summed E-state index contributed by atoms with van der Waals surface area (Å²) in [5, 5.41) is 15.1. The first-order valence-corrected chi connectivity index (χ1v) is 5.21. The molecule has 6 nitrogen and oxygen atoms in total. The SMILES string of the molecule is NCCc1ccn(-c2ccccc2[N+](=O)[O-])n1. The molecule has 0 saturated heterocycles. The molecule has 0 aliphatic heterocycles. The first kappa shape index (κ1) is 11.3. The maximum absolute atomic E-state index is 10.9. The lowest BCUT2D eigenvalue weighted by Gasteiger charge is -2.02. The number of rotatable bonds is 4. The Morgan fingerprint density at radius 1 is 1.35 bits per heavy atom. The predicted octanol–water partition coefficient (Wildman–Crippen LogP) is 1.28. The van der Waals surface area contributed by atoms with Gasteiger partial charge in [0.15, 0.2) is 0 Å². The van der Waals surface area contributed by atoms with Gasteiger partial charge in [-0.05, 0) is 18.7 Å². The summed E-state index contributed by atoms with van der Waals surface area (Å²) < 4.78 is 1.50. The molecule has 1 heterocycles. The minimum Gasteiger partial charge on any atom is -0.330 e. The van der Waals surface area contributed by atoms with E-state index in [4.69, 9.17) is 5.73 Å². The highest BCUT2D eigenvalue weighted by atomic mass is 16.6. The molecule has 0 radical (unpaired) electrons. The molecule has 0 unspecified atom stereocenters. The molecule has 0 aliphatic rings. The maximum atomic E-state index is 10.9. The van der Waals surface area contributed by atoms with E-state index in [9.17, 15) is 10.1 Å². The number of nitrogens with two attached hydrogens (primary N) is 1. The van der Waals surface area contributed by atoms with Gasteiger partial charge in [0.25, 0.3) is 5.69 Å². The number of nitro groups is 1. The first-order chi connectivity index (χ1) is 8.22. The van der Waals surface area contributed by atoms with Crippen molar-refractivity contribution < 1.29 is 4.92 Å². The molecule has 0 atom stereocenters. The highest BCUT2D eigenvalue weighted by molar-refractivity contribution is 5.51. The monoisotopic (exact) mass is 232 g/mol. The molecule has 2 rings (SSSR count). The Morgan fingerprint density at radius 2 is 2.12 bits per heavy atom. The molecule has 88 valence electrons. The average Bonchev–Trinajstić information content (AvgIpc) is 2.78. The zero-order valence-corrected chi connectivity index (χ0v) is 9.11. The quantitative estimate of drug-likeness (QED) is 0.635. The largest absolute Gasteiger partial charge is 0.330 e. The molecule has 17 heavy (non-hydrogen) atoms. The van der Waals surface area contributed by atoms with Gasteiger partial charge in [-0.1, -0.05) is 12.1 Å². The molecule has 0 aliphatic carbocycles. The molecule has 2 N–H and O–H groups in total. The number of benzene rings is 1. The van der Waals surface area contributed by atoms with Gasteiger partial charge >= 0.3 is 0 Å². The fraction of sp³-hybridized carbons (Fsp3) is 0.182. The first-order valence-electron chi connectivity index (χ1n) is 5.21. The number of para-hydroxylation sites is 2. The van der Waals surface area contributed by atoms with E-state index in [1.807, 2.05) is 6.07 Å². The normalized spacial score (nSPS) is 10.4. The van der Waals surface area contributed by atoms with Crippen LogP contribution < -0.4 is 5.73 Å². The highest BCUT2D eigenvalue weighted by Crippen LogP contribution is 2.21. The van der Waals surface area contributed by atoms with Crippen LogP contribution in [0.4, 0.5) is 5.69 Å². The summed E-state index contributed by atoms with van der Waals surface area (Å²) in [7, 11) is 0. The lowest BCUT2D eigenvalue weighted by molar-refractivity contribution is -0.384. The third kappa shape index (κ3) is 2.31. The Kier molecular flexibility index (Phi) is 3.15. The third-order valence-corrected chi connectivity index (χ3v) is 2.37. The smallest absolute Gasteiger partial charge is 0.294 e. The van der Waals surface area contributed by atoms with Gasteiger partial charge in [0.05, 0.1) is 10.6 Å². The van der Waals surface area contributed by atoms with Gasteiger partial charge in [-0.2, -0.15) is 5.10 Å². The fourth-order valence-corrected chi connectivity index (χ4v) is 1.59. The second-order valence-electron chi connectivity index (χ2n) is 3.54. The Labute approximate surface area is 97.8 Å². The average molecular weight is 232 g/mol. The minimum atomic E-state index is -0.417. The topological polar surface area (TPSA) is 87.0 Å². The van der Waals surface area contributed by atoms with Crippen LogP contribution in [0.5, 0.6) is 0 Å². The van der Waals surface area contributed by atoms with Crippen molar-refractivity contribution in [2.75, 3.05) is 6.54 Å². The fourth-order valence-electron chi connectivity index (χ4n) is 1.59. The Balaban J connectivity index is 2.41. The maximum Gasteiger partial charge on any atom is 0.294 e. The Bertz CT molecular complexity index is 536. The molecule has 0 amide bonds. The van der Waals surface area contributed by atoms with Gasteiger partial charge in [0.1, 0.15) is 5.69 Å². The molecule has 2 aromatic rings. The van der Waals surface area contributed by atoms with Gasteiger partial charge in [0, 0.05) is 18.7 Å². The number of nitrogens with zero attached hydrogens (tertiary/aromatic N) is 3. The van der Waals surface area contributed by atoms with Crippen molar-refractivity contribution in [2.24, 2.45) is 5.73 Å². The van der Waals surface area contributed by atoms with E-state index in [0.29, 0.717) is 18.7 Å². The molecular weight excluding hydrogens is 220 g/mol. The Morgan fingerprint density at radius 3 is 2.82 bits per heavy atom. The third-order valence-electron chi connectivity index (χ3n) is 2.37. The number of aromatic nitrogens is 2. The second kappa shape index (κ2) is 4.75. The van der Waals surface area contributed by atoms with Crippen LogP contribution in [0.15, 0.2) is 36.5 Å². The van der Waals surface area contributed by atoms with Gasteiger partial charge in [-0.3, -0.25) is 10.1 Å². The van der Waals surface area contributed by atoms with Crippen molar-refractivity contribution in [3.63, 3.8) is 0 Å². The van der Waals surface area contributed by atoms with Gasteiger partial charge in [-0.15, -0.1) is 0 Å². The van der Waals surface area contributed by atoms with Crippen LogP contribution in [0.2, 0.25) is 0 Å². The molecule has 1 aromatic heterocycles. The number of nitro benzene ring substituents is 1. The van der Waals surface area contributed by atoms with E-state index in [-0.39, 0.29) is 5.69 Å². The second-order valence-corrected chi connectivity index (χ2v) is 3.54. The summed E-state index contributed by atoms with van der Waals surface area (Å²) in [6.45, 7) is 0.508. The molecule has 6 heteroatoms. The highest BCUT2D eigenvalue weighted by Gasteiger charge is 2.14. The summed E-state index contributed by atoms with van der Waals surface area (Å²) in [5.41, 5.74) is 6.75. The van der Waals surface area contributed by atoms with Crippen molar-refractivity contribution in [1.82, 2.24) is 9.78 Å². The molecule has 0 fully saturated rings. The van der Waals surface area contributed by atoms with E-state index in [0.717, 1.165) is 5.69 Å². The van der Waals surface area contributed by atoms with Crippen LogP contribution in [0.1, 0.15) is 5.69 Å². The van der Waals surface area contributed by atoms with Crippen molar-refractivity contribution in [1.29, 1.82) is 0 Å². The summed E-state index contributed by atoms with van der Waals surface area (Å²) in [6, 6.07) is 8.30. The van der Waals surface area contributed by atoms with Crippen LogP contribution in [0, 0.1) is 10.1 Å². The molecule has 1 aromatic carbocycles. The van der Waals surface area contributed by atoms with Crippen molar-refractivity contribution >= 4 is 5.69 Å². The summed E-state index contributed by atoms with van der Waals surface area (Å²) in [5.74, 6) is 0. The zero-order valence-electron chi connectivity index (χ0n) is 9.11. The van der Waals surface area contributed by atoms with Crippen molar-refractivity contribution in [3.8, 4) is 5.69 Å². The van der Waals surface area contributed by atoms with Crippen molar-refractivity contribution in [2.45, 2.75) is 6.42 Å². The summed E-state index contributed by atoms with van der Waals surface area (Å²) in [6.07, 6.45) is 2.36. The van der Waals surface area contributed by atoms with E-state index >= 15 is 0 Å². The van der Waals surface area contributed by atoms with Gasteiger partial charge < -0.3 is 5.73 Å². The number of hydrogen-bond acceptors (Lipinski definition) is 4. The van der Waals surface area contributed by atoms with Crippen LogP contribution in [0.3, 0.4) is 0 Å². The van der Waals surface area contributed by atoms with Gasteiger partial charge in [-0.25, -0.2) is 4.68 Å². The van der Waals surface area contributed by atoms with Crippen LogP contribution in [0.25, 0.3) is 5.69 Å². The lowest BCUT2D eigenvalue weighted by atomic mass is 10.3. The lowest BCUT2D eigenvalue weighted by Crippen LogP contribution is -2.05. The van der Waals surface area contributed by atoms with E-state index in [1.54, 1.807) is 24.4 Å². The molecule has 0 bridgehead atoms. The molecule has 0 saturated carbocycles. The minimum absolute atomic E-state index is 0.0369. The Hall–Kier alpha value is -2.21. The number of hydrogen-bond donors (Lipinski definition) is 1. The molecule has 0 spiro atoms. The van der Waals surface area contributed by atoms with Crippen LogP contribution >= 0.6 is 0 Å². The standard InChI is InChI=1S/C11H12N4O2/c12-7-5-9-6-8-14(13-9)10-3-1-2-4-11(10)15(16)17/h1-4,6,8H,5,7,12H2. The predicted molar refractivity (Wildman–Crippen MR) is 63.0 cm³/mol. The van der Waals surface area contributed by atoms with E-state index in [1.165, 1.54) is 10.7 Å². The van der Waals surface area contributed by atoms with Gasteiger partial charge in [0.2, 0.25) is 0 Å². The van der Waals surface area contributed by atoms with Crippen LogP contribution in [-0.4, -0.2) is 21.2 Å². The zero-order chi connectivity index (χ0) is 12.3. The van der Waals surface area contributed by atoms with Crippen LogP contribution in [-0.2, 0) is 6.42 Å². The summed E-state index contributed by atoms with van der Waals surface area (Å²) in [4.78, 5) is 10.5. The van der Waals surface area contributed by atoms with E-state index < -0.39 is 4.92 Å². The van der Waals surface area contributed by atoms with E-state index in [2.05, 4.69) is 5.10 Å². The molecular formula is C11H12N4O2. The summed E-state index contributed by atoms with van der Waals surface area (Å²) >= 11 is 0.